The number of rotatable bonds is 6. The Kier molecular flexibility index (Phi) is 5.78. The number of carbonyl (C=O) groups excluding carboxylic acids is 2. The predicted molar refractivity (Wildman–Crippen MR) is 83.5 cm³/mol. The van der Waals surface area contributed by atoms with Gasteiger partial charge in [0.2, 0.25) is 5.91 Å². The number of esters is 1. The lowest BCUT2D eigenvalue weighted by Gasteiger charge is -2.08. The highest BCUT2D eigenvalue weighted by molar-refractivity contribution is 5.76. The van der Waals surface area contributed by atoms with E-state index in [-0.39, 0.29) is 25.3 Å². The van der Waals surface area contributed by atoms with E-state index in [1.807, 2.05) is 0 Å². The van der Waals surface area contributed by atoms with Crippen LogP contribution in [0.2, 0.25) is 0 Å². The lowest BCUT2D eigenvalue weighted by atomic mass is 10.1. The van der Waals surface area contributed by atoms with Gasteiger partial charge >= 0.3 is 5.97 Å². The van der Waals surface area contributed by atoms with Gasteiger partial charge in [-0.2, -0.15) is 5.10 Å². The monoisotopic (exact) mass is 333 g/mol. The average Bonchev–Trinajstić information content (AvgIpc) is 2.57. The van der Waals surface area contributed by atoms with Gasteiger partial charge in [0.25, 0.3) is 5.56 Å². The van der Waals surface area contributed by atoms with E-state index >= 15 is 0 Å². The molecular formula is C16H16FN3O4. The van der Waals surface area contributed by atoms with Crippen LogP contribution in [-0.2, 0) is 20.9 Å². The van der Waals surface area contributed by atoms with Crippen LogP contribution in [0.4, 0.5) is 4.39 Å². The minimum atomic E-state index is -0.454. The van der Waals surface area contributed by atoms with Gasteiger partial charge in [-0.15, -0.1) is 0 Å². The van der Waals surface area contributed by atoms with Crippen molar-refractivity contribution in [3.63, 3.8) is 0 Å². The highest BCUT2D eigenvalue weighted by Gasteiger charge is 2.09. The van der Waals surface area contributed by atoms with Crippen molar-refractivity contribution >= 4 is 11.9 Å². The zero-order valence-corrected chi connectivity index (χ0v) is 13.0. The Bertz CT molecular complexity index is 787. The molecule has 0 spiro atoms. The smallest absolute Gasteiger partial charge is 0.307 e. The van der Waals surface area contributed by atoms with Crippen LogP contribution in [0.3, 0.4) is 0 Å². The second-order valence-corrected chi connectivity index (χ2v) is 4.90. The molecule has 0 radical (unpaired) electrons. The lowest BCUT2D eigenvalue weighted by Crippen LogP contribution is -2.34. The standard InChI is InChI=1S/C16H16FN3O4/c1-24-16(23)8-9-18-14(21)10-20-15(22)7-6-13(19-20)11-2-4-12(17)5-3-11/h2-7H,8-10H2,1H3,(H,18,21). The van der Waals surface area contributed by atoms with Crippen molar-refractivity contribution in [3.8, 4) is 11.3 Å². The summed E-state index contributed by atoms with van der Waals surface area (Å²) >= 11 is 0. The summed E-state index contributed by atoms with van der Waals surface area (Å²) in [6, 6.07) is 8.42. The van der Waals surface area contributed by atoms with Crippen molar-refractivity contribution in [2.75, 3.05) is 13.7 Å². The summed E-state index contributed by atoms with van der Waals surface area (Å²) in [5.74, 6) is -1.27. The molecule has 126 valence electrons. The summed E-state index contributed by atoms with van der Waals surface area (Å²) in [6.45, 7) is -0.174. The number of hydrogen-bond acceptors (Lipinski definition) is 5. The first-order chi connectivity index (χ1) is 11.5. The van der Waals surface area contributed by atoms with Gasteiger partial charge in [0, 0.05) is 18.2 Å². The number of halogens is 1. The summed E-state index contributed by atoms with van der Waals surface area (Å²) < 4.78 is 18.4. The van der Waals surface area contributed by atoms with Gasteiger partial charge in [0.15, 0.2) is 0 Å². The maximum atomic E-state index is 13.0. The minimum Gasteiger partial charge on any atom is -0.469 e. The summed E-state index contributed by atoms with van der Waals surface area (Å²) in [4.78, 5) is 34.6. The molecule has 1 heterocycles. The molecule has 1 aromatic carbocycles. The first-order valence-electron chi connectivity index (χ1n) is 7.17. The molecule has 0 unspecified atom stereocenters. The van der Waals surface area contributed by atoms with Crippen molar-refractivity contribution in [2.45, 2.75) is 13.0 Å². The Labute approximate surface area is 137 Å². The van der Waals surface area contributed by atoms with Crippen molar-refractivity contribution in [3.05, 3.63) is 52.6 Å². The van der Waals surface area contributed by atoms with E-state index in [9.17, 15) is 18.8 Å². The summed E-state index contributed by atoms with van der Waals surface area (Å²) in [5.41, 5.74) is 0.622. The van der Waals surface area contributed by atoms with Crippen LogP contribution in [0.5, 0.6) is 0 Å². The Morgan fingerprint density at radius 2 is 1.92 bits per heavy atom. The van der Waals surface area contributed by atoms with Crippen LogP contribution in [-0.4, -0.2) is 35.3 Å². The Balaban J connectivity index is 2.06. The molecule has 1 N–H and O–H groups in total. The van der Waals surface area contributed by atoms with E-state index in [1.165, 1.54) is 43.5 Å². The molecule has 0 aliphatic rings. The van der Waals surface area contributed by atoms with Crippen LogP contribution < -0.4 is 10.9 Å². The summed E-state index contributed by atoms with van der Waals surface area (Å²) in [7, 11) is 1.26. The number of ether oxygens (including phenoxy) is 1. The molecular weight excluding hydrogens is 317 g/mol. The topological polar surface area (TPSA) is 90.3 Å². The molecule has 0 atom stereocenters. The number of benzene rings is 1. The molecule has 1 amide bonds. The Morgan fingerprint density at radius 3 is 2.58 bits per heavy atom. The van der Waals surface area contributed by atoms with Crippen molar-refractivity contribution in [1.29, 1.82) is 0 Å². The fraction of sp³-hybridized carbons (Fsp3) is 0.250. The highest BCUT2D eigenvalue weighted by Crippen LogP contribution is 2.15. The van der Waals surface area contributed by atoms with Gasteiger partial charge in [0.05, 0.1) is 19.2 Å². The van der Waals surface area contributed by atoms with Gasteiger partial charge in [-0.25, -0.2) is 9.07 Å². The third kappa shape index (κ3) is 4.73. The minimum absolute atomic E-state index is 0.0419. The molecule has 7 nitrogen and oxygen atoms in total. The van der Waals surface area contributed by atoms with Crippen molar-refractivity contribution in [1.82, 2.24) is 15.1 Å². The molecule has 0 fully saturated rings. The zero-order valence-electron chi connectivity index (χ0n) is 13.0. The zero-order chi connectivity index (χ0) is 17.5. The number of methoxy groups -OCH3 is 1. The number of amides is 1. The number of nitrogens with one attached hydrogen (secondary N) is 1. The molecule has 0 aliphatic heterocycles. The normalized spacial score (nSPS) is 10.2. The predicted octanol–water partition coefficient (Wildman–Crippen LogP) is 0.729. The first-order valence-corrected chi connectivity index (χ1v) is 7.17. The summed E-state index contributed by atoms with van der Waals surface area (Å²) in [5, 5.41) is 6.60. The van der Waals surface area contributed by atoms with Gasteiger partial charge in [-0.3, -0.25) is 14.4 Å². The van der Waals surface area contributed by atoms with Crippen LogP contribution in [0, 0.1) is 5.82 Å². The molecule has 2 aromatic rings. The molecule has 8 heteroatoms. The molecule has 0 aliphatic carbocycles. The summed E-state index contributed by atoms with van der Waals surface area (Å²) in [6.07, 6.45) is 0.0419. The van der Waals surface area contributed by atoms with Gasteiger partial charge < -0.3 is 10.1 Å². The Hall–Kier alpha value is -3.03. The molecule has 1 aromatic heterocycles. The van der Waals surface area contributed by atoms with Crippen molar-refractivity contribution < 1.29 is 18.7 Å². The third-order valence-corrected chi connectivity index (χ3v) is 3.18. The molecule has 0 saturated carbocycles. The van der Waals surface area contributed by atoms with Crippen molar-refractivity contribution in [2.24, 2.45) is 0 Å². The highest BCUT2D eigenvalue weighted by atomic mass is 19.1. The maximum Gasteiger partial charge on any atom is 0.307 e. The van der Waals surface area contributed by atoms with Gasteiger partial charge in [0.1, 0.15) is 12.4 Å². The SMILES string of the molecule is COC(=O)CCNC(=O)Cn1nc(-c2ccc(F)cc2)ccc1=O. The van der Waals surface area contributed by atoms with E-state index in [4.69, 9.17) is 0 Å². The van der Waals surface area contributed by atoms with Crippen LogP contribution >= 0.6 is 0 Å². The van der Waals surface area contributed by atoms with E-state index < -0.39 is 17.4 Å². The van der Waals surface area contributed by atoms with Crippen LogP contribution in [0.25, 0.3) is 11.3 Å². The number of aromatic nitrogens is 2. The maximum absolute atomic E-state index is 13.0. The third-order valence-electron chi connectivity index (χ3n) is 3.18. The number of nitrogens with zero attached hydrogens (tertiary/aromatic N) is 2. The number of hydrogen-bond donors (Lipinski definition) is 1. The number of carbonyl (C=O) groups is 2. The second-order valence-electron chi connectivity index (χ2n) is 4.90. The lowest BCUT2D eigenvalue weighted by molar-refractivity contribution is -0.140. The van der Waals surface area contributed by atoms with Crippen LogP contribution in [0.1, 0.15) is 6.42 Å². The van der Waals surface area contributed by atoms with E-state index in [1.54, 1.807) is 0 Å². The fourth-order valence-electron chi connectivity index (χ4n) is 1.93. The van der Waals surface area contributed by atoms with E-state index in [2.05, 4.69) is 15.2 Å². The Morgan fingerprint density at radius 1 is 1.21 bits per heavy atom. The molecule has 0 bridgehead atoms. The molecule has 2 rings (SSSR count). The largest absolute Gasteiger partial charge is 0.469 e. The quantitative estimate of drug-likeness (QED) is 0.787. The van der Waals surface area contributed by atoms with Gasteiger partial charge in [-0.1, -0.05) is 0 Å². The molecule has 0 saturated heterocycles. The van der Waals surface area contributed by atoms with Crippen LogP contribution in [0.15, 0.2) is 41.2 Å². The first kappa shape index (κ1) is 17.3. The second kappa shape index (κ2) is 8.00. The van der Waals surface area contributed by atoms with E-state index in [0.29, 0.717) is 11.3 Å². The van der Waals surface area contributed by atoms with Gasteiger partial charge in [-0.05, 0) is 30.3 Å². The fourth-order valence-corrected chi connectivity index (χ4v) is 1.93. The molecule has 24 heavy (non-hydrogen) atoms. The van der Waals surface area contributed by atoms with E-state index in [0.717, 1.165) is 4.68 Å². The average molecular weight is 333 g/mol.